The molecule has 0 aliphatic rings. The van der Waals surface area contributed by atoms with E-state index in [0.29, 0.717) is 18.2 Å². The van der Waals surface area contributed by atoms with E-state index in [-0.39, 0.29) is 6.04 Å². The van der Waals surface area contributed by atoms with Crippen molar-refractivity contribution in [3.05, 3.63) is 22.8 Å². The number of likely N-dealkylation sites (N-methyl/N-ethyl adjacent to an activating group) is 1. The normalized spacial score (nSPS) is 12.6. The quantitative estimate of drug-likeness (QED) is 0.855. The maximum absolute atomic E-state index is 5.96. The summed E-state index contributed by atoms with van der Waals surface area (Å²) in [6, 6.07) is 2.17. The van der Waals surface area contributed by atoms with Gasteiger partial charge in [-0.3, -0.25) is 0 Å². The zero-order chi connectivity index (χ0) is 12.1. The number of pyridine rings is 1. The molecule has 90 valence electrons. The molecule has 0 radical (unpaired) electrons. The number of methoxy groups -OCH3 is 1. The second kappa shape index (κ2) is 6.03. The number of hydrogen-bond acceptors (Lipinski definition) is 4. The van der Waals surface area contributed by atoms with Gasteiger partial charge < -0.3 is 15.4 Å². The van der Waals surface area contributed by atoms with Crippen LogP contribution in [-0.4, -0.2) is 31.8 Å². The van der Waals surface area contributed by atoms with Crippen molar-refractivity contribution in [2.45, 2.75) is 19.5 Å². The van der Waals surface area contributed by atoms with Crippen LogP contribution in [0, 0.1) is 0 Å². The van der Waals surface area contributed by atoms with E-state index in [1.54, 1.807) is 13.3 Å². The molecule has 1 heterocycles. The average molecular weight is 244 g/mol. The number of aromatic nitrogens is 1. The Bertz CT molecular complexity index is 346. The number of hydrogen-bond donors (Lipinski definition) is 1. The van der Waals surface area contributed by atoms with Crippen LogP contribution in [0.1, 0.15) is 12.5 Å². The molecule has 1 unspecified atom stereocenters. The summed E-state index contributed by atoms with van der Waals surface area (Å²) in [4.78, 5) is 6.31. The van der Waals surface area contributed by atoms with E-state index in [0.717, 1.165) is 11.4 Å². The van der Waals surface area contributed by atoms with Crippen LogP contribution >= 0.6 is 11.6 Å². The number of nitrogens with two attached hydrogens (primary N) is 1. The minimum atomic E-state index is 0.254. The molecule has 1 aromatic rings. The molecule has 1 rings (SSSR count). The van der Waals surface area contributed by atoms with Crippen LogP contribution in [0.5, 0.6) is 0 Å². The third kappa shape index (κ3) is 3.07. The van der Waals surface area contributed by atoms with E-state index < -0.39 is 0 Å². The Hall–Kier alpha value is -0.840. The topological polar surface area (TPSA) is 51.4 Å². The second-order valence-electron chi connectivity index (χ2n) is 3.75. The lowest BCUT2D eigenvalue weighted by Gasteiger charge is -2.25. The summed E-state index contributed by atoms with van der Waals surface area (Å²) in [6.45, 7) is 3.14. The van der Waals surface area contributed by atoms with Crippen molar-refractivity contribution in [2.75, 3.05) is 25.7 Å². The summed E-state index contributed by atoms with van der Waals surface area (Å²) >= 11 is 5.96. The Morgan fingerprint density at radius 1 is 1.62 bits per heavy atom. The summed E-state index contributed by atoms with van der Waals surface area (Å²) in [5.74, 6) is 0.856. The highest BCUT2D eigenvalue weighted by Gasteiger charge is 2.12. The van der Waals surface area contributed by atoms with Crippen molar-refractivity contribution in [2.24, 2.45) is 5.73 Å². The minimum Gasteiger partial charge on any atom is -0.383 e. The molecule has 16 heavy (non-hydrogen) atoms. The van der Waals surface area contributed by atoms with E-state index in [1.807, 2.05) is 18.0 Å². The van der Waals surface area contributed by atoms with Crippen LogP contribution in [0.15, 0.2) is 12.3 Å². The fourth-order valence-corrected chi connectivity index (χ4v) is 1.58. The Kier molecular flexibility index (Phi) is 4.99. The zero-order valence-electron chi connectivity index (χ0n) is 9.90. The molecular formula is C11H18ClN3O. The number of halogens is 1. The van der Waals surface area contributed by atoms with E-state index in [2.05, 4.69) is 11.9 Å². The van der Waals surface area contributed by atoms with Crippen LogP contribution in [0.4, 0.5) is 5.82 Å². The van der Waals surface area contributed by atoms with Gasteiger partial charge >= 0.3 is 0 Å². The molecule has 0 saturated heterocycles. The van der Waals surface area contributed by atoms with Crippen LogP contribution in [-0.2, 0) is 11.3 Å². The standard InChI is InChI=1S/C11H18ClN3O/c1-8(7-16-3)15(2)11-4-9(5-13)10(12)6-14-11/h4,6,8H,5,7,13H2,1-3H3. The highest BCUT2D eigenvalue weighted by molar-refractivity contribution is 6.31. The van der Waals surface area contributed by atoms with Crippen LogP contribution in [0.3, 0.4) is 0 Å². The summed E-state index contributed by atoms with van der Waals surface area (Å²) in [5, 5.41) is 0.610. The molecule has 2 N–H and O–H groups in total. The summed E-state index contributed by atoms with van der Waals surface area (Å²) in [7, 11) is 3.66. The average Bonchev–Trinajstić information content (AvgIpc) is 2.29. The van der Waals surface area contributed by atoms with Gasteiger partial charge in [0, 0.05) is 26.9 Å². The van der Waals surface area contributed by atoms with Gasteiger partial charge in [-0.2, -0.15) is 0 Å². The summed E-state index contributed by atoms with van der Waals surface area (Å²) < 4.78 is 5.11. The first kappa shape index (κ1) is 13.2. The Labute approximate surface area is 101 Å². The molecule has 0 bridgehead atoms. The van der Waals surface area contributed by atoms with Gasteiger partial charge in [-0.1, -0.05) is 11.6 Å². The maximum Gasteiger partial charge on any atom is 0.128 e. The smallest absolute Gasteiger partial charge is 0.128 e. The van der Waals surface area contributed by atoms with Gasteiger partial charge in [0.15, 0.2) is 0 Å². The van der Waals surface area contributed by atoms with Crippen molar-refractivity contribution in [1.82, 2.24) is 4.98 Å². The predicted molar refractivity (Wildman–Crippen MR) is 66.9 cm³/mol. The van der Waals surface area contributed by atoms with Gasteiger partial charge in [-0.05, 0) is 18.6 Å². The van der Waals surface area contributed by atoms with Gasteiger partial charge in [0.1, 0.15) is 5.82 Å². The molecule has 0 aliphatic carbocycles. The van der Waals surface area contributed by atoms with Crippen molar-refractivity contribution in [1.29, 1.82) is 0 Å². The van der Waals surface area contributed by atoms with Crippen LogP contribution in [0.25, 0.3) is 0 Å². The number of ether oxygens (including phenoxy) is 1. The molecule has 5 heteroatoms. The largest absolute Gasteiger partial charge is 0.383 e. The maximum atomic E-state index is 5.96. The lowest BCUT2D eigenvalue weighted by atomic mass is 10.2. The molecule has 0 amide bonds. The predicted octanol–water partition coefficient (Wildman–Crippen LogP) is 1.66. The molecule has 1 aromatic heterocycles. The van der Waals surface area contributed by atoms with E-state index in [4.69, 9.17) is 22.1 Å². The first-order valence-corrected chi connectivity index (χ1v) is 5.54. The van der Waals surface area contributed by atoms with Crippen LogP contribution in [0.2, 0.25) is 5.02 Å². The lowest BCUT2D eigenvalue weighted by molar-refractivity contribution is 0.183. The third-order valence-corrected chi connectivity index (χ3v) is 2.91. The fraction of sp³-hybridized carbons (Fsp3) is 0.545. The van der Waals surface area contributed by atoms with Crippen molar-refractivity contribution < 1.29 is 4.74 Å². The molecule has 4 nitrogen and oxygen atoms in total. The fourth-order valence-electron chi connectivity index (χ4n) is 1.40. The third-order valence-electron chi connectivity index (χ3n) is 2.57. The number of anilines is 1. The van der Waals surface area contributed by atoms with E-state index >= 15 is 0 Å². The molecule has 0 fully saturated rings. The number of rotatable bonds is 5. The van der Waals surface area contributed by atoms with Gasteiger partial charge in [0.2, 0.25) is 0 Å². The molecule has 0 spiro atoms. The van der Waals surface area contributed by atoms with Gasteiger partial charge in [-0.15, -0.1) is 0 Å². The second-order valence-corrected chi connectivity index (χ2v) is 4.16. The van der Waals surface area contributed by atoms with Crippen molar-refractivity contribution in [3.8, 4) is 0 Å². The van der Waals surface area contributed by atoms with Crippen molar-refractivity contribution >= 4 is 17.4 Å². The zero-order valence-corrected chi connectivity index (χ0v) is 10.7. The Morgan fingerprint density at radius 2 is 2.31 bits per heavy atom. The lowest BCUT2D eigenvalue weighted by Crippen LogP contribution is -2.33. The van der Waals surface area contributed by atoms with Gasteiger partial charge in [0.25, 0.3) is 0 Å². The first-order valence-electron chi connectivity index (χ1n) is 5.16. The monoisotopic (exact) mass is 243 g/mol. The first-order chi connectivity index (χ1) is 7.60. The van der Waals surface area contributed by atoms with Crippen molar-refractivity contribution in [3.63, 3.8) is 0 Å². The molecule has 0 aromatic carbocycles. The van der Waals surface area contributed by atoms with Gasteiger partial charge in [0.05, 0.1) is 17.7 Å². The summed E-state index contributed by atoms with van der Waals surface area (Å²) in [6.07, 6.45) is 1.63. The van der Waals surface area contributed by atoms with E-state index in [1.165, 1.54) is 0 Å². The molecule has 0 saturated carbocycles. The van der Waals surface area contributed by atoms with E-state index in [9.17, 15) is 0 Å². The Morgan fingerprint density at radius 3 is 2.88 bits per heavy atom. The highest BCUT2D eigenvalue weighted by Crippen LogP contribution is 2.20. The SMILES string of the molecule is COCC(C)N(C)c1cc(CN)c(Cl)cn1. The molecule has 0 aliphatic heterocycles. The van der Waals surface area contributed by atoms with Gasteiger partial charge in [-0.25, -0.2) is 4.98 Å². The number of nitrogens with zero attached hydrogens (tertiary/aromatic N) is 2. The summed E-state index contributed by atoms with van der Waals surface area (Å²) in [5.41, 5.74) is 6.50. The minimum absolute atomic E-state index is 0.254. The molecular weight excluding hydrogens is 226 g/mol. The Balaban J connectivity index is 2.87. The molecule has 1 atom stereocenters. The highest BCUT2D eigenvalue weighted by atomic mass is 35.5. The van der Waals surface area contributed by atoms with Crippen LogP contribution < -0.4 is 10.6 Å².